The number of para-hydroxylation sites is 1. The fourth-order valence-corrected chi connectivity index (χ4v) is 4.76. The van der Waals surface area contributed by atoms with Crippen molar-refractivity contribution in [1.82, 2.24) is 9.55 Å². The van der Waals surface area contributed by atoms with Crippen molar-refractivity contribution in [3.8, 4) is 17.2 Å². The van der Waals surface area contributed by atoms with Gasteiger partial charge < -0.3 is 26.3 Å². The molecule has 0 saturated heterocycles. The summed E-state index contributed by atoms with van der Waals surface area (Å²) in [7, 11) is 0. The van der Waals surface area contributed by atoms with E-state index in [-0.39, 0.29) is 17.6 Å². The number of unbranched alkanes of at least 4 members (excludes halogenated alkanes) is 2. The number of hydrogen-bond acceptors (Lipinski definition) is 7. The zero-order chi connectivity index (χ0) is 23.2. The minimum Gasteiger partial charge on any atom is -0.490 e. The van der Waals surface area contributed by atoms with E-state index < -0.39 is 0 Å². The van der Waals surface area contributed by atoms with Gasteiger partial charge in [-0.2, -0.15) is 4.98 Å². The second kappa shape index (κ2) is 10.7. The van der Waals surface area contributed by atoms with Crippen molar-refractivity contribution in [3.63, 3.8) is 0 Å². The lowest BCUT2D eigenvalue weighted by atomic mass is 9.83. The number of anilines is 2. The van der Waals surface area contributed by atoms with Crippen LogP contribution < -0.4 is 31.9 Å². The third-order valence-corrected chi connectivity index (χ3v) is 6.51. The van der Waals surface area contributed by atoms with Crippen LogP contribution in [0.1, 0.15) is 63.8 Å². The highest BCUT2D eigenvalue weighted by atomic mass is 16.5. The zero-order valence-electron chi connectivity index (χ0n) is 19.0. The van der Waals surface area contributed by atoms with Crippen LogP contribution in [-0.4, -0.2) is 28.5 Å². The highest BCUT2D eigenvalue weighted by Gasteiger charge is 2.27. The Kier molecular flexibility index (Phi) is 7.49. The Labute approximate surface area is 194 Å². The van der Waals surface area contributed by atoms with E-state index in [1.165, 1.54) is 12.8 Å². The molecular weight excluding hydrogens is 420 g/mol. The molecule has 0 amide bonds. The van der Waals surface area contributed by atoms with Gasteiger partial charge in [0.25, 0.3) is 0 Å². The molecule has 0 spiro atoms. The average molecular weight is 455 g/mol. The molecule has 178 valence electrons. The molecule has 1 aliphatic heterocycles. The van der Waals surface area contributed by atoms with Crippen LogP contribution in [-0.2, 0) is 0 Å². The summed E-state index contributed by atoms with van der Waals surface area (Å²) in [5.74, 6) is 3.20. The number of fused-ring (bicyclic) bond motifs is 2. The van der Waals surface area contributed by atoms with Crippen LogP contribution in [0.5, 0.6) is 17.2 Å². The van der Waals surface area contributed by atoms with Gasteiger partial charge in [0.2, 0.25) is 0 Å². The van der Waals surface area contributed by atoms with Crippen molar-refractivity contribution >= 4 is 17.3 Å². The van der Waals surface area contributed by atoms with E-state index in [1.807, 2.05) is 18.2 Å². The van der Waals surface area contributed by atoms with Crippen molar-refractivity contribution in [1.29, 1.82) is 5.41 Å². The Morgan fingerprint density at radius 2 is 2.03 bits per heavy atom. The van der Waals surface area contributed by atoms with E-state index in [0.29, 0.717) is 54.2 Å². The maximum atomic E-state index is 12.8. The van der Waals surface area contributed by atoms with Gasteiger partial charge in [-0.25, -0.2) is 4.79 Å². The fraction of sp³-hybridized carbons (Fsp3) is 0.542. The van der Waals surface area contributed by atoms with Gasteiger partial charge in [-0.05, 0) is 50.2 Å². The SMILES string of the molecule is N=C(N)CCCCCC1CCC(n2cc3c(nc2=O)Nc2c(OCCN)cccc2O3)CC1. The molecule has 2 aliphatic rings. The summed E-state index contributed by atoms with van der Waals surface area (Å²) in [5, 5.41) is 10.5. The maximum absolute atomic E-state index is 12.8. The number of hydrogen-bond donors (Lipinski definition) is 4. The Hall–Kier alpha value is -3.07. The lowest BCUT2D eigenvalue weighted by molar-refractivity contribution is 0.252. The zero-order valence-corrected chi connectivity index (χ0v) is 19.0. The van der Waals surface area contributed by atoms with E-state index in [4.69, 9.17) is 26.4 Å². The van der Waals surface area contributed by atoms with Crippen molar-refractivity contribution in [2.24, 2.45) is 17.4 Å². The first-order valence-electron chi connectivity index (χ1n) is 11.9. The summed E-state index contributed by atoms with van der Waals surface area (Å²) in [5.41, 5.74) is 11.4. The largest absolute Gasteiger partial charge is 0.490 e. The molecule has 0 bridgehead atoms. The molecule has 0 radical (unpaired) electrons. The van der Waals surface area contributed by atoms with Crippen molar-refractivity contribution < 1.29 is 9.47 Å². The number of nitrogens with two attached hydrogens (primary N) is 2. The molecular formula is C24H34N6O3. The van der Waals surface area contributed by atoms with Gasteiger partial charge in [0, 0.05) is 19.0 Å². The molecule has 1 aromatic carbocycles. The molecule has 1 saturated carbocycles. The monoisotopic (exact) mass is 454 g/mol. The molecule has 0 atom stereocenters. The molecule has 1 aromatic heterocycles. The molecule has 9 heteroatoms. The van der Waals surface area contributed by atoms with Crippen molar-refractivity contribution in [3.05, 3.63) is 34.9 Å². The molecule has 1 fully saturated rings. The molecule has 6 N–H and O–H groups in total. The van der Waals surface area contributed by atoms with E-state index in [9.17, 15) is 4.79 Å². The van der Waals surface area contributed by atoms with Crippen LogP contribution in [0.25, 0.3) is 0 Å². The van der Waals surface area contributed by atoms with Gasteiger partial charge in [-0.1, -0.05) is 25.3 Å². The van der Waals surface area contributed by atoms with Crippen LogP contribution in [0, 0.1) is 11.3 Å². The predicted octanol–water partition coefficient (Wildman–Crippen LogP) is 4.05. The number of aromatic nitrogens is 2. The van der Waals surface area contributed by atoms with Crippen molar-refractivity contribution in [2.45, 2.75) is 63.8 Å². The third kappa shape index (κ3) is 5.65. The summed E-state index contributed by atoms with van der Waals surface area (Å²) < 4.78 is 13.5. The first-order valence-corrected chi connectivity index (χ1v) is 11.9. The molecule has 1 aliphatic carbocycles. The first-order chi connectivity index (χ1) is 16.0. The van der Waals surface area contributed by atoms with E-state index >= 15 is 0 Å². The van der Waals surface area contributed by atoms with Crippen LogP contribution in [0.2, 0.25) is 0 Å². The highest BCUT2D eigenvalue weighted by Crippen LogP contribution is 2.45. The highest BCUT2D eigenvalue weighted by molar-refractivity contribution is 5.77. The number of nitrogens with one attached hydrogen (secondary N) is 2. The number of nitrogens with zero attached hydrogens (tertiary/aromatic N) is 2. The van der Waals surface area contributed by atoms with Crippen LogP contribution in [0.4, 0.5) is 11.5 Å². The van der Waals surface area contributed by atoms with Gasteiger partial charge in [-0.15, -0.1) is 0 Å². The van der Waals surface area contributed by atoms with Crippen molar-refractivity contribution in [2.75, 3.05) is 18.5 Å². The summed E-state index contributed by atoms with van der Waals surface area (Å²) in [6, 6.07) is 5.70. The Morgan fingerprint density at radius 1 is 1.21 bits per heavy atom. The predicted molar refractivity (Wildman–Crippen MR) is 129 cm³/mol. The standard InChI is InChI=1S/C24H34N6O3/c25-13-14-32-18-6-4-7-19-22(18)28-23-20(33-19)15-30(24(31)29-23)17-11-9-16(10-12-17)5-2-1-3-8-21(26)27/h4,6-7,15-17H,1-3,5,8-14,25H2,(H3,26,27)(H,28,29,31). The van der Waals surface area contributed by atoms with Crippen LogP contribution >= 0.6 is 0 Å². The molecule has 33 heavy (non-hydrogen) atoms. The van der Waals surface area contributed by atoms with Crippen LogP contribution in [0.15, 0.2) is 29.2 Å². The number of ether oxygens (including phenoxy) is 2. The molecule has 2 heterocycles. The van der Waals surface area contributed by atoms with E-state index in [0.717, 1.165) is 38.5 Å². The lowest BCUT2D eigenvalue weighted by Gasteiger charge is -2.30. The van der Waals surface area contributed by atoms with Gasteiger partial charge >= 0.3 is 5.69 Å². The second-order valence-corrected chi connectivity index (χ2v) is 8.94. The minimum absolute atomic E-state index is 0.147. The average Bonchev–Trinajstić information content (AvgIpc) is 2.81. The number of benzene rings is 1. The quantitative estimate of drug-likeness (QED) is 0.206. The lowest BCUT2D eigenvalue weighted by Crippen LogP contribution is -2.30. The molecule has 4 rings (SSSR count). The van der Waals surface area contributed by atoms with Gasteiger partial charge in [0.15, 0.2) is 17.3 Å². The van der Waals surface area contributed by atoms with Gasteiger partial charge in [0.05, 0.1) is 12.0 Å². The normalized spacial score (nSPS) is 19.1. The third-order valence-electron chi connectivity index (χ3n) is 6.51. The molecule has 0 unspecified atom stereocenters. The summed E-state index contributed by atoms with van der Waals surface area (Å²) in [4.78, 5) is 17.1. The topological polar surface area (TPSA) is 141 Å². The second-order valence-electron chi connectivity index (χ2n) is 8.94. The first kappa shape index (κ1) is 23.1. The number of rotatable bonds is 10. The summed E-state index contributed by atoms with van der Waals surface area (Å²) in [6.07, 6.45) is 11.2. The summed E-state index contributed by atoms with van der Waals surface area (Å²) in [6.45, 7) is 0.799. The Balaban J connectivity index is 1.37. The fourth-order valence-electron chi connectivity index (χ4n) is 4.76. The number of amidine groups is 1. The van der Waals surface area contributed by atoms with E-state index in [2.05, 4.69) is 10.3 Å². The Bertz CT molecular complexity index is 1030. The minimum atomic E-state index is -0.263. The van der Waals surface area contributed by atoms with Gasteiger partial charge in [0.1, 0.15) is 18.0 Å². The maximum Gasteiger partial charge on any atom is 0.350 e. The summed E-state index contributed by atoms with van der Waals surface area (Å²) >= 11 is 0. The van der Waals surface area contributed by atoms with Crippen LogP contribution in [0.3, 0.4) is 0 Å². The van der Waals surface area contributed by atoms with E-state index in [1.54, 1.807) is 10.8 Å². The Morgan fingerprint density at radius 3 is 2.79 bits per heavy atom. The molecule has 9 nitrogen and oxygen atoms in total. The smallest absolute Gasteiger partial charge is 0.350 e. The van der Waals surface area contributed by atoms with Gasteiger partial charge in [-0.3, -0.25) is 9.98 Å². The molecule has 2 aromatic rings.